The van der Waals surface area contributed by atoms with Crippen LogP contribution in [0.2, 0.25) is 0 Å². The largest absolute Gasteiger partial charge is 0.492 e. The molecule has 0 saturated carbocycles. The molecule has 2 rings (SSSR count). The third-order valence-electron chi connectivity index (χ3n) is 3.97. The Labute approximate surface area is 127 Å². The van der Waals surface area contributed by atoms with Gasteiger partial charge in [-0.25, -0.2) is 0 Å². The fraction of sp³-hybridized carbons (Fsp3) is 0.625. The van der Waals surface area contributed by atoms with Gasteiger partial charge >= 0.3 is 0 Å². The maximum absolute atomic E-state index is 5.90. The van der Waals surface area contributed by atoms with E-state index in [1.807, 2.05) is 24.9 Å². The molecule has 0 amide bonds. The zero-order valence-electron chi connectivity index (χ0n) is 12.8. The lowest BCUT2D eigenvalue weighted by atomic mass is 10.0. The van der Waals surface area contributed by atoms with Gasteiger partial charge in [0.05, 0.1) is 11.3 Å². The van der Waals surface area contributed by atoms with Crippen LogP contribution >= 0.6 is 11.8 Å². The van der Waals surface area contributed by atoms with Crippen molar-refractivity contribution in [3.63, 3.8) is 0 Å². The average Bonchev–Trinajstić information content (AvgIpc) is 2.51. The third-order valence-corrected chi connectivity index (χ3v) is 5.23. The van der Waals surface area contributed by atoms with E-state index in [1.165, 1.54) is 5.56 Å². The summed E-state index contributed by atoms with van der Waals surface area (Å²) in [5.41, 5.74) is 1.29. The molecule has 1 aliphatic heterocycles. The van der Waals surface area contributed by atoms with Crippen molar-refractivity contribution in [1.82, 2.24) is 10.2 Å². The summed E-state index contributed by atoms with van der Waals surface area (Å²) < 4.78 is 5.90. The van der Waals surface area contributed by atoms with Crippen LogP contribution in [-0.2, 0) is 0 Å². The van der Waals surface area contributed by atoms with Crippen molar-refractivity contribution in [3.05, 3.63) is 29.8 Å². The van der Waals surface area contributed by atoms with Crippen LogP contribution in [0.1, 0.15) is 25.5 Å². The molecule has 0 radical (unpaired) electrons. The molecule has 4 heteroatoms. The van der Waals surface area contributed by atoms with Crippen molar-refractivity contribution in [2.45, 2.75) is 25.1 Å². The number of hydrogen-bond donors (Lipinski definition) is 1. The number of fused-ring (bicyclic) bond motifs is 1. The maximum Gasteiger partial charge on any atom is 0.124 e. The SMILES string of the molecule is CCN(CC)CCSC1COc2ccccc2C1NC. The molecule has 112 valence electrons. The summed E-state index contributed by atoms with van der Waals surface area (Å²) in [4.78, 5) is 2.47. The van der Waals surface area contributed by atoms with Gasteiger partial charge in [-0.1, -0.05) is 32.0 Å². The summed E-state index contributed by atoms with van der Waals surface area (Å²) in [6.07, 6.45) is 0. The maximum atomic E-state index is 5.90. The number of rotatable bonds is 7. The van der Waals surface area contributed by atoms with Gasteiger partial charge in [-0.3, -0.25) is 0 Å². The zero-order valence-corrected chi connectivity index (χ0v) is 13.6. The molecule has 0 fully saturated rings. The van der Waals surface area contributed by atoms with Gasteiger partial charge in [0.1, 0.15) is 12.4 Å². The highest BCUT2D eigenvalue weighted by Crippen LogP contribution is 2.36. The van der Waals surface area contributed by atoms with Crippen LogP contribution in [-0.4, -0.2) is 49.2 Å². The molecule has 1 heterocycles. The van der Waals surface area contributed by atoms with Crippen molar-refractivity contribution in [2.24, 2.45) is 0 Å². The summed E-state index contributed by atoms with van der Waals surface area (Å²) in [5, 5.41) is 3.95. The molecule has 1 N–H and O–H groups in total. The van der Waals surface area contributed by atoms with Crippen molar-refractivity contribution in [2.75, 3.05) is 39.0 Å². The summed E-state index contributed by atoms with van der Waals surface area (Å²) >= 11 is 2.02. The van der Waals surface area contributed by atoms with Crippen LogP contribution in [0.3, 0.4) is 0 Å². The van der Waals surface area contributed by atoms with E-state index in [1.54, 1.807) is 0 Å². The van der Waals surface area contributed by atoms with E-state index in [2.05, 4.69) is 42.3 Å². The number of ether oxygens (including phenoxy) is 1. The van der Waals surface area contributed by atoms with Crippen molar-refractivity contribution >= 4 is 11.8 Å². The van der Waals surface area contributed by atoms with Crippen LogP contribution in [0.5, 0.6) is 5.75 Å². The van der Waals surface area contributed by atoms with E-state index >= 15 is 0 Å². The first-order valence-electron chi connectivity index (χ1n) is 7.53. The Bertz CT molecular complexity index is 409. The van der Waals surface area contributed by atoms with E-state index in [-0.39, 0.29) is 0 Å². The standard InChI is InChI=1S/C16H26N2OS/c1-4-18(5-2)10-11-20-15-12-19-14-9-7-6-8-13(14)16(15)17-3/h6-9,15-17H,4-5,10-12H2,1-3H3. The van der Waals surface area contributed by atoms with Crippen molar-refractivity contribution in [1.29, 1.82) is 0 Å². The Kier molecular flexibility index (Phi) is 6.20. The van der Waals surface area contributed by atoms with Crippen molar-refractivity contribution in [3.8, 4) is 5.75 Å². The summed E-state index contributed by atoms with van der Waals surface area (Å²) in [6.45, 7) is 8.68. The van der Waals surface area contributed by atoms with Gasteiger partial charge in [-0.15, -0.1) is 0 Å². The van der Waals surface area contributed by atoms with Gasteiger partial charge in [0.2, 0.25) is 0 Å². The summed E-state index contributed by atoms with van der Waals surface area (Å²) in [5.74, 6) is 2.20. The minimum absolute atomic E-state index is 0.390. The van der Waals surface area contributed by atoms with Gasteiger partial charge in [-0.2, -0.15) is 11.8 Å². The van der Waals surface area contributed by atoms with E-state index in [4.69, 9.17) is 4.74 Å². The van der Waals surface area contributed by atoms with Gasteiger partial charge in [0.25, 0.3) is 0 Å². The molecule has 0 bridgehead atoms. The number of para-hydroxylation sites is 1. The number of nitrogens with zero attached hydrogens (tertiary/aromatic N) is 1. The third kappa shape index (κ3) is 3.68. The molecule has 0 saturated heterocycles. The Balaban J connectivity index is 1.93. The molecular formula is C16H26N2OS. The highest BCUT2D eigenvalue weighted by molar-refractivity contribution is 8.00. The van der Waals surface area contributed by atoms with Gasteiger partial charge in [0, 0.05) is 17.9 Å². The molecule has 0 aromatic heterocycles. The Morgan fingerprint density at radius 2 is 2.05 bits per heavy atom. The van der Waals surface area contributed by atoms with E-state index in [0.29, 0.717) is 11.3 Å². The minimum Gasteiger partial charge on any atom is -0.492 e. The topological polar surface area (TPSA) is 24.5 Å². The number of nitrogens with one attached hydrogen (secondary N) is 1. The second-order valence-corrected chi connectivity index (χ2v) is 6.40. The van der Waals surface area contributed by atoms with Crippen LogP contribution < -0.4 is 10.1 Å². The van der Waals surface area contributed by atoms with Gasteiger partial charge in [-0.05, 0) is 26.2 Å². The first-order valence-corrected chi connectivity index (χ1v) is 8.58. The predicted molar refractivity (Wildman–Crippen MR) is 87.8 cm³/mol. The molecule has 20 heavy (non-hydrogen) atoms. The molecule has 1 aromatic rings. The quantitative estimate of drug-likeness (QED) is 0.836. The fourth-order valence-corrected chi connectivity index (χ4v) is 4.00. The normalized spacial score (nSPS) is 21.6. The lowest BCUT2D eigenvalue weighted by molar-refractivity contribution is 0.264. The molecule has 3 nitrogen and oxygen atoms in total. The van der Waals surface area contributed by atoms with Gasteiger partial charge < -0.3 is 15.0 Å². The minimum atomic E-state index is 0.390. The highest BCUT2D eigenvalue weighted by atomic mass is 32.2. The zero-order chi connectivity index (χ0) is 14.4. The van der Waals surface area contributed by atoms with E-state index in [9.17, 15) is 0 Å². The van der Waals surface area contributed by atoms with Crippen LogP contribution in [0.4, 0.5) is 0 Å². The number of thioether (sulfide) groups is 1. The first-order chi connectivity index (χ1) is 9.80. The molecule has 0 spiro atoms. The first kappa shape index (κ1) is 15.7. The molecule has 2 atom stereocenters. The Morgan fingerprint density at radius 1 is 1.30 bits per heavy atom. The summed E-state index contributed by atoms with van der Waals surface area (Å²) in [6, 6.07) is 8.76. The van der Waals surface area contributed by atoms with Crippen LogP contribution in [0.15, 0.2) is 24.3 Å². The second kappa shape index (κ2) is 7.91. The molecule has 1 aromatic carbocycles. The predicted octanol–water partition coefficient (Wildman–Crippen LogP) is 2.78. The average molecular weight is 294 g/mol. The number of benzene rings is 1. The molecule has 0 aliphatic carbocycles. The smallest absolute Gasteiger partial charge is 0.124 e. The van der Waals surface area contributed by atoms with E-state index < -0.39 is 0 Å². The molecule has 2 unspecified atom stereocenters. The Hall–Kier alpha value is -0.710. The second-order valence-electron chi connectivity index (χ2n) is 5.05. The van der Waals surface area contributed by atoms with Gasteiger partial charge in [0.15, 0.2) is 0 Å². The highest BCUT2D eigenvalue weighted by Gasteiger charge is 2.29. The monoisotopic (exact) mass is 294 g/mol. The fourth-order valence-electron chi connectivity index (χ4n) is 2.70. The van der Waals surface area contributed by atoms with Crippen LogP contribution in [0, 0.1) is 0 Å². The number of hydrogen-bond acceptors (Lipinski definition) is 4. The molecule has 1 aliphatic rings. The Morgan fingerprint density at radius 3 is 2.75 bits per heavy atom. The summed E-state index contributed by atoms with van der Waals surface area (Å²) in [7, 11) is 2.05. The van der Waals surface area contributed by atoms with E-state index in [0.717, 1.165) is 37.7 Å². The lowest BCUT2D eigenvalue weighted by Gasteiger charge is -2.33. The van der Waals surface area contributed by atoms with Crippen LogP contribution in [0.25, 0.3) is 0 Å². The lowest BCUT2D eigenvalue weighted by Crippen LogP contribution is -2.36. The molecular weight excluding hydrogens is 268 g/mol. The van der Waals surface area contributed by atoms with Crippen molar-refractivity contribution < 1.29 is 4.74 Å².